The maximum absolute atomic E-state index is 12.3. The molecule has 3 nitrogen and oxygen atoms in total. The van der Waals surface area contributed by atoms with Crippen LogP contribution < -0.4 is 5.32 Å². The molecule has 0 aromatic heterocycles. The molecule has 1 aliphatic carbocycles. The average molecular weight is 272 g/mol. The van der Waals surface area contributed by atoms with Gasteiger partial charge in [0.15, 0.2) is 0 Å². The number of carbonyl (C=O) groups excluding carboxylic acids is 1. The van der Waals surface area contributed by atoms with E-state index in [0.29, 0.717) is 18.0 Å². The number of nitrogens with one attached hydrogen (secondary N) is 1. The Kier molecular flexibility index (Phi) is 3.33. The molecule has 1 heterocycles. The third-order valence-corrected chi connectivity index (χ3v) is 4.71. The number of amides is 1. The summed E-state index contributed by atoms with van der Waals surface area (Å²) in [6.07, 6.45) is 3.51. The number of nitrogens with zero attached hydrogens (tertiary/aromatic N) is 1. The van der Waals surface area contributed by atoms with E-state index in [2.05, 4.69) is 55.3 Å². The first-order chi connectivity index (χ1) is 9.46. The molecule has 2 aliphatic rings. The molecule has 1 saturated carbocycles. The minimum Gasteiger partial charge on any atom is -0.319 e. The minimum atomic E-state index is 0.0568. The lowest BCUT2D eigenvalue weighted by Gasteiger charge is -2.31. The normalized spacial score (nSPS) is 29.1. The van der Waals surface area contributed by atoms with Crippen molar-refractivity contribution in [3.63, 3.8) is 0 Å². The molecule has 1 aromatic carbocycles. The summed E-state index contributed by atoms with van der Waals surface area (Å²) in [5, 5.41) is 3.38. The van der Waals surface area contributed by atoms with Gasteiger partial charge in [-0.2, -0.15) is 0 Å². The predicted molar refractivity (Wildman–Crippen MR) is 80.2 cm³/mol. The monoisotopic (exact) mass is 272 g/mol. The lowest BCUT2D eigenvalue weighted by atomic mass is 9.91. The molecule has 3 rings (SSSR count). The lowest BCUT2D eigenvalue weighted by molar-refractivity contribution is -0.130. The molecular weight excluding hydrogens is 248 g/mol. The van der Waals surface area contributed by atoms with Gasteiger partial charge in [0, 0.05) is 6.04 Å². The molecule has 1 saturated heterocycles. The van der Waals surface area contributed by atoms with Gasteiger partial charge in [-0.3, -0.25) is 10.1 Å². The summed E-state index contributed by atoms with van der Waals surface area (Å²) in [7, 11) is 0. The van der Waals surface area contributed by atoms with Gasteiger partial charge in [-0.05, 0) is 37.2 Å². The van der Waals surface area contributed by atoms with Gasteiger partial charge in [-0.15, -0.1) is 0 Å². The molecule has 108 valence electrons. The third kappa shape index (κ3) is 2.47. The zero-order valence-corrected chi connectivity index (χ0v) is 12.6. The summed E-state index contributed by atoms with van der Waals surface area (Å²) in [5.41, 5.74) is 2.82. The highest BCUT2D eigenvalue weighted by molar-refractivity contribution is 5.81. The number of hydrogen-bond acceptors (Lipinski definition) is 2. The van der Waals surface area contributed by atoms with Crippen molar-refractivity contribution in [1.29, 1.82) is 0 Å². The fourth-order valence-electron chi connectivity index (χ4n) is 3.69. The van der Waals surface area contributed by atoms with Crippen LogP contribution in [0.5, 0.6) is 0 Å². The van der Waals surface area contributed by atoms with Crippen molar-refractivity contribution in [1.82, 2.24) is 10.2 Å². The Morgan fingerprint density at radius 2 is 2.15 bits per heavy atom. The van der Waals surface area contributed by atoms with Crippen molar-refractivity contribution in [3.05, 3.63) is 35.4 Å². The Labute approximate surface area is 121 Å². The van der Waals surface area contributed by atoms with E-state index in [-0.39, 0.29) is 12.1 Å². The second-order valence-corrected chi connectivity index (χ2v) is 7.06. The molecule has 0 radical (unpaired) electrons. The van der Waals surface area contributed by atoms with Gasteiger partial charge in [0.25, 0.3) is 0 Å². The highest BCUT2D eigenvalue weighted by Crippen LogP contribution is 2.42. The van der Waals surface area contributed by atoms with E-state index in [1.165, 1.54) is 17.5 Å². The summed E-state index contributed by atoms with van der Waals surface area (Å²) in [5.74, 6) is 0.249. The highest BCUT2D eigenvalue weighted by Gasteiger charge is 2.42. The maximum Gasteiger partial charge on any atom is 0.238 e. The molecule has 2 fully saturated rings. The summed E-state index contributed by atoms with van der Waals surface area (Å²) in [6, 6.07) is 8.87. The molecule has 0 spiro atoms. The summed E-state index contributed by atoms with van der Waals surface area (Å²) < 4.78 is 0. The van der Waals surface area contributed by atoms with Gasteiger partial charge in [0.1, 0.15) is 6.17 Å². The van der Waals surface area contributed by atoms with Crippen LogP contribution in [-0.2, 0) is 4.79 Å². The Balaban J connectivity index is 1.86. The molecule has 2 atom stereocenters. The quantitative estimate of drug-likeness (QED) is 0.897. The second kappa shape index (κ2) is 4.88. The lowest BCUT2D eigenvalue weighted by Crippen LogP contribution is -2.38. The van der Waals surface area contributed by atoms with Crippen LogP contribution in [0.3, 0.4) is 0 Å². The molecule has 1 amide bonds. The molecule has 1 N–H and O–H groups in total. The van der Waals surface area contributed by atoms with Gasteiger partial charge in [0.2, 0.25) is 5.91 Å². The minimum absolute atomic E-state index is 0.0568. The van der Waals surface area contributed by atoms with Crippen molar-refractivity contribution in [3.8, 4) is 0 Å². The van der Waals surface area contributed by atoms with Gasteiger partial charge < -0.3 is 4.90 Å². The van der Waals surface area contributed by atoms with E-state index in [1.54, 1.807) is 0 Å². The first kappa shape index (κ1) is 13.6. The highest BCUT2D eigenvalue weighted by atomic mass is 16.2. The number of rotatable bonds is 2. The van der Waals surface area contributed by atoms with E-state index in [4.69, 9.17) is 0 Å². The van der Waals surface area contributed by atoms with Crippen molar-refractivity contribution in [2.75, 3.05) is 6.54 Å². The van der Waals surface area contributed by atoms with Crippen LogP contribution in [0.4, 0.5) is 0 Å². The third-order valence-electron chi connectivity index (χ3n) is 4.71. The van der Waals surface area contributed by atoms with E-state index >= 15 is 0 Å². The standard InChI is InChI=1S/C17H24N2O/c1-12-5-4-6-13(9-12)16-18-11-15(20)19(16)14-7-8-17(2,3)10-14/h4-6,9,14,16,18H,7-8,10-11H2,1-3H3. The first-order valence-corrected chi connectivity index (χ1v) is 7.57. The Hall–Kier alpha value is -1.35. The fraction of sp³-hybridized carbons (Fsp3) is 0.588. The second-order valence-electron chi connectivity index (χ2n) is 7.06. The van der Waals surface area contributed by atoms with Gasteiger partial charge >= 0.3 is 0 Å². The van der Waals surface area contributed by atoms with E-state index in [0.717, 1.165) is 12.8 Å². The van der Waals surface area contributed by atoms with Crippen molar-refractivity contribution in [2.24, 2.45) is 5.41 Å². The van der Waals surface area contributed by atoms with Crippen LogP contribution in [0.2, 0.25) is 0 Å². The largest absolute Gasteiger partial charge is 0.319 e. The number of hydrogen-bond donors (Lipinski definition) is 1. The topological polar surface area (TPSA) is 32.3 Å². The van der Waals surface area contributed by atoms with Gasteiger partial charge in [-0.25, -0.2) is 0 Å². The van der Waals surface area contributed by atoms with E-state index in [1.807, 2.05) is 0 Å². The molecule has 1 aromatic rings. The first-order valence-electron chi connectivity index (χ1n) is 7.57. The van der Waals surface area contributed by atoms with E-state index < -0.39 is 0 Å². The molecule has 20 heavy (non-hydrogen) atoms. The zero-order chi connectivity index (χ0) is 14.3. The molecule has 2 unspecified atom stereocenters. The molecule has 0 bridgehead atoms. The number of carbonyl (C=O) groups is 1. The SMILES string of the molecule is Cc1cccc(C2NCC(=O)N2C2CCC(C)(C)C2)c1. The fourth-order valence-corrected chi connectivity index (χ4v) is 3.69. The maximum atomic E-state index is 12.3. The van der Waals surface area contributed by atoms with Crippen molar-refractivity contribution in [2.45, 2.75) is 52.2 Å². The summed E-state index contributed by atoms with van der Waals surface area (Å²) in [6.45, 7) is 7.18. The van der Waals surface area contributed by atoms with Crippen LogP contribution in [0.15, 0.2) is 24.3 Å². The van der Waals surface area contributed by atoms with Crippen LogP contribution in [0, 0.1) is 12.3 Å². The number of benzene rings is 1. The van der Waals surface area contributed by atoms with Crippen LogP contribution in [0.25, 0.3) is 0 Å². The van der Waals surface area contributed by atoms with Crippen molar-refractivity contribution >= 4 is 5.91 Å². The Bertz CT molecular complexity index is 523. The smallest absolute Gasteiger partial charge is 0.238 e. The van der Waals surface area contributed by atoms with Crippen molar-refractivity contribution < 1.29 is 4.79 Å². The van der Waals surface area contributed by atoms with Crippen LogP contribution >= 0.6 is 0 Å². The van der Waals surface area contributed by atoms with Crippen LogP contribution in [-0.4, -0.2) is 23.4 Å². The van der Waals surface area contributed by atoms with E-state index in [9.17, 15) is 4.79 Å². The molecule has 1 aliphatic heterocycles. The average Bonchev–Trinajstić information content (AvgIpc) is 2.92. The number of aryl methyl sites for hydroxylation is 1. The van der Waals surface area contributed by atoms with Gasteiger partial charge in [-0.1, -0.05) is 43.7 Å². The molecule has 3 heteroatoms. The van der Waals surface area contributed by atoms with Crippen LogP contribution in [0.1, 0.15) is 50.4 Å². The Morgan fingerprint density at radius 1 is 1.35 bits per heavy atom. The zero-order valence-electron chi connectivity index (χ0n) is 12.6. The molecular formula is C17H24N2O. The summed E-state index contributed by atoms with van der Waals surface area (Å²) >= 11 is 0. The summed E-state index contributed by atoms with van der Waals surface area (Å²) in [4.78, 5) is 14.4. The predicted octanol–water partition coefficient (Wildman–Crippen LogP) is 3.00. The Morgan fingerprint density at radius 3 is 2.80 bits per heavy atom. The van der Waals surface area contributed by atoms with Gasteiger partial charge in [0.05, 0.1) is 6.54 Å².